The van der Waals surface area contributed by atoms with E-state index in [-0.39, 0.29) is 5.91 Å². The van der Waals surface area contributed by atoms with E-state index in [0.717, 1.165) is 0 Å². The first-order valence-corrected chi connectivity index (χ1v) is 5.99. The fourth-order valence-electron chi connectivity index (χ4n) is 1.44. The highest BCUT2D eigenvalue weighted by Gasteiger charge is 2.12. The zero-order valence-corrected chi connectivity index (χ0v) is 11.0. The summed E-state index contributed by atoms with van der Waals surface area (Å²) in [6.07, 6.45) is 0.598. The van der Waals surface area contributed by atoms with Crippen LogP contribution in [-0.2, 0) is 4.79 Å². The summed E-state index contributed by atoms with van der Waals surface area (Å²) in [6.45, 7) is 4.28. The van der Waals surface area contributed by atoms with Crippen molar-refractivity contribution >= 4 is 11.6 Å². The molecule has 0 aromatic heterocycles. The van der Waals surface area contributed by atoms with E-state index in [1.54, 1.807) is 25.3 Å². The molecule has 0 saturated heterocycles. The highest BCUT2D eigenvalue weighted by Crippen LogP contribution is 2.30. The molecule has 0 aliphatic rings. The number of benzene rings is 1. The SMILES string of the molecule is CCOc1cc(NC(=O)C(N)CC)ccc1OC. The van der Waals surface area contributed by atoms with Gasteiger partial charge in [0.2, 0.25) is 5.91 Å². The first-order chi connectivity index (χ1) is 8.62. The molecule has 1 rings (SSSR count). The molecule has 0 bridgehead atoms. The van der Waals surface area contributed by atoms with Gasteiger partial charge in [0.15, 0.2) is 11.5 Å². The normalized spacial score (nSPS) is 11.8. The summed E-state index contributed by atoms with van der Waals surface area (Å²) >= 11 is 0. The first-order valence-electron chi connectivity index (χ1n) is 5.99. The lowest BCUT2D eigenvalue weighted by Gasteiger charge is -2.13. The first kappa shape index (κ1) is 14.3. The van der Waals surface area contributed by atoms with E-state index in [1.165, 1.54) is 0 Å². The van der Waals surface area contributed by atoms with E-state index in [4.69, 9.17) is 15.2 Å². The van der Waals surface area contributed by atoms with Crippen LogP contribution >= 0.6 is 0 Å². The van der Waals surface area contributed by atoms with Crippen molar-refractivity contribution in [3.63, 3.8) is 0 Å². The van der Waals surface area contributed by atoms with Crippen molar-refractivity contribution in [2.75, 3.05) is 19.0 Å². The lowest BCUT2D eigenvalue weighted by Crippen LogP contribution is -2.34. The molecule has 3 N–H and O–H groups in total. The number of hydrogen-bond acceptors (Lipinski definition) is 4. The van der Waals surface area contributed by atoms with Gasteiger partial charge in [0.1, 0.15) is 0 Å². The molecule has 1 aromatic carbocycles. The molecular weight excluding hydrogens is 232 g/mol. The van der Waals surface area contributed by atoms with E-state index in [0.29, 0.717) is 30.2 Å². The average molecular weight is 252 g/mol. The summed E-state index contributed by atoms with van der Waals surface area (Å²) in [5, 5.41) is 2.74. The zero-order chi connectivity index (χ0) is 13.5. The van der Waals surface area contributed by atoms with Crippen LogP contribution in [0.15, 0.2) is 18.2 Å². The highest BCUT2D eigenvalue weighted by molar-refractivity contribution is 5.94. The average Bonchev–Trinajstić information content (AvgIpc) is 2.38. The molecular formula is C13H20N2O3. The van der Waals surface area contributed by atoms with Gasteiger partial charge in [-0.1, -0.05) is 6.92 Å². The number of amides is 1. The monoisotopic (exact) mass is 252 g/mol. The predicted octanol–water partition coefficient (Wildman–Crippen LogP) is 1.77. The minimum Gasteiger partial charge on any atom is -0.493 e. The van der Waals surface area contributed by atoms with Crippen LogP contribution in [0.3, 0.4) is 0 Å². The van der Waals surface area contributed by atoms with Crippen LogP contribution in [0.4, 0.5) is 5.69 Å². The summed E-state index contributed by atoms with van der Waals surface area (Å²) in [6, 6.07) is 4.73. The van der Waals surface area contributed by atoms with Gasteiger partial charge in [-0.3, -0.25) is 4.79 Å². The Morgan fingerprint density at radius 3 is 2.67 bits per heavy atom. The van der Waals surface area contributed by atoms with Crippen LogP contribution in [0.2, 0.25) is 0 Å². The Kier molecular flexibility index (Phi) is 5.45. The topological polar surface area (TPSA) is 73.6 Å². The molecule has 5 nitrogen and oxygen atoms in total. The maximum absolute atomic E-state index is 11.7. The number of ether oxygens (including phenoxy) is 2. The lowest BCUT2D eigenvalue weighted by atomic mass is 10.2. The Bertz CT molecular complexity index is 407. The molecule has 0 heterocycles. The molecule has 1 amide bonds. The highest BCUT2D eigenvalue weighted by atomic mass is 16.5. The molecule has 0 aliphatic heterocycles. The van der Waals surface area contributed by atoms with E-state index >= 15 is 0 Å². The molecule has 1 aromatic rings. The molecule has 0 fully saturated rings. The number of hydrogen-bond donors (Lipinski definition) is 2. The van der Waals surface area contributed by atoms with Gasteiger partial charge in [-0.25, -0.2) is 0 Å². The van der Waals surface area contributed by atoms with Crippen molar-refractivity contribution in [2.24, 2.45) is 5.73 Å². The third-order valence-corrected chi connectivity index (χ3v) is 2.51. The van der Waals surface area contributed by atoms with Crippen molar-refractivity contribution in [3.8, 4) is 11.5 Å². The summed E-state index contributed by atoms with van der Waals surface area (Å²) in [4.78, 5) is 11.7. The van der Waals surface area contributed by atoms with Crippen molar-refractivity contribution in [3.05, 3.63) is 18.2 Å². The van der Waals surface area contributed by atoms with Crippen LogP contribution in [0.25, 0.3) is 0 Å². The fraction of sp³-hybridized carbons (Fsp3) is 0.462. The molecule has 0 radical (unpaired) electrons. The van der Waals surface area contributed by atoms with Crippen LogP contribution < -0.4 is 20.5 Å². The molecule has 0 spiro atoms. The van der Waals surface area contributed by atoms with Crippen molar-refractivity contribution in [1.82, 2.24) is 0 Å². The van der Waals surface area contributed by atoms with Crippen LogP contribution in [0.1, 0.15) is 20.3 Å². The third-order valence-electron chi connectivity index (χ3n) is 2.51. The summed E-state index contributed by atoms with van der Waals surface area (Å²) in [5.74, 6) is 1.03. The third kappa shape index (κ3) is 3.63. The zero-order valence-electron chi connectivity index (χ0n) is 11.0. The number of carbonyl (C=O) groups is 1. The van der Waals surface area contributed by atoms with Crippen LogP contribution in [-0.4, -0.2) is 25.7 Å². The van der Waals surface area contributed by atoms with Crippen LogP contribution in [0, 0.1) is 0 Å². The van der Waals surface area contributed by atoms with Crippen molar-refractivity contribution in [2.45, 2.75) is 26.3 Å². The second-order valence-corrected chi connectivity index (χ2v) is 3.80. The number of carbonyl (C=O) groups excluding carboxylic acids is 1. The van der Waals surface area contributed by atoms with E-state index in [2.05, 4.69) is 5.32 Å². The van der Waals surface area contributed by atoms with Gasteiger partial charge in [-0.05, 0) is 25.5 Å². The molecule has 1 unspecified atom stereocenters. The van der Waals surface area contributed by atoms with E-state index in [1.807, 2.05) is 13.8 Å². The number of methoxy groups -OCH3 is 1. The Labute approximate surface area is 107 Å². The number of nitrogens with two attached hydrogens (primary N) is 1. The minimum absolute atomic E-state index is 0.204. The Morgan fingerprint density at radius 1 is 1.39 bits per heavy atom. The molecule has 0 saturated carbocycles. The number of rotatable bonds is 6. The number of anilines is 1. The van der Waals surface area contributed by atoms with Gasteiger partial charge in [0, 0.05) is 11.8 Å². The van der Waals surface area contributed by atoms with Gasteiger partial charge in [0.25, 0.3) is 0 Å². The largest absolute Gasteiger partial charge is 0.493 e. The fourth-order valence-corrected chi connectivity index (χ4v) is 1.44. The summed E-state index contributed by atoms with van der Waals surface area (Å²) in [7, 11) is 1.57. The Balaban J connectivity index is 2.84. The van der Waals surface area contributed by atoms with Gasteiger partial charge >= 0.3 is 0 Å². The van der Waals surface area contributed by atoms with Crippen molar-refractivity contribution in [1.29, 1.82) is 0 Å². The molecule has 0 aliphatic carbocycles. The smallest absolute Gasteiger partial charge is 0.241 e. The molecule has 5 heteroatoms. The maximum Gasteiger partial charge on any atom is 0.241 e. The Morgan fingerprint density at radius 2 is 2.11 bits per heavy atom. The predicted molar refractivity (Wildman–Crippen MR) is 71.1 cm³/mol. The summed E-state index contributed by atoms with van der Waals surface area (Å²) in [5.41, 5.74) is 6.30. The molecule has 100 valence electrons. The van der Waals surface area contributed by atoms with Crippen LogP contribution in [0.5, 0.6) is 11.5 Å². The molecule has 18 heavy (non-hydrogen) atoms. The quantitative estimate of drug-likeness (QED) is 0.809. The van der Waals surface area contributed by atoms with E-state index in [9.17, 15) is 4.79 Å². The van der Waals surface area contributed by atoms with Gasteiger partial charge in [0.05, 0.1) is 19.8 Å². The van der Waals surface area contributed by atoms with E-state index < -0.39 is 6.04 Å². The standard InChI is InChI=1S/C13H20N2O3/c1-4-10(14)13(16)15-9-6-7-11(17-3)12(8-9)18-5-2/h6-8,10H,4-5,14H2,1-3H3,(H,15,16). The van der Waals surface area contributed by atoms with Gasteiger partial charge < -0.3 is 20.5 Å². The maximum atomic E-state index is 11.7. The summed E-state index contributed by atoms with van der Waals surface area (Å²) < 4.78 is 10.6. The second-order valence-electron chi connectivity index (χ2n) is 3.80. The van der Waals surface area contributed by atoms with Gasteiger partial charge in [-0.15, -0.1) is 0 Å². The second kappa shape index (κ2) is 6.86. The Hall–Kier alpha value is -1.75. The minimum atomic E-state index is -0.498. The number of nitrogens with one attached hydrogen (secondary N) is 1. The van der Waals surface area contributed by atoms with Crippen molar-refractivity contribution < 1.29 is 14.3 Å². The molecule has 1 atom stereocenters. The van der Waals surface area contributed by atoms with Gasteiger partial charge in [-0.2, -0.15) is 0 Å². The lowest BCUT2D eigenvalue weighted by molar-refractivity contribution is -0.117.